The lowest BCUT2D eigenvalue weighted by Gasteiger charge is -2.07. The molecular formula is C29H25N3O4S. The summed E-state index contributed by atoms with van der Waals surface area (Å²) < 4.78 is 13.1. The zero-order valence-corrected chi connectivity index (χ0v) is 21.2. The lowest BCUT2D eigenvalue weighted by Crippen LogP contribution is -2.32. The van der Waals surface area contributed by atoms with Gasteiger partial charge in [0.1, 0.15) is 22.2 Å². The molecule has 0 radical (unpaired) electrons. The molecule has 186 valence electrons. The molecule has 1 amide bonds. The van der Waals surface area contributed by atoms with Crippen LogP contribution >= 0.6 is 11.3 Å². The van der Waals surface area contributed by atoms with E-state index in [-0.39, 0.29) is 15.8 Å². The maximum absolute atomic E-state index is 13.6. The van der Waals surface area contributed by atoms with Crippen LogP contribution < -0.4 is 29.5 Å². The Morgan fingerprint density at radius 1 is 0.973 bits per heavy atom. The lowest BCUT2D eigenvalue weighted by molar-refractivity contribution is -0.111. The van der Waals surface area contributed by atoms with Gasteiger partial charge < -0.3 is 14.8 Å². The average Bonchev–Trinajstić information content (AvgIpc) is 3.22. The summed E-state index contributed by atoms with van der Waals surface area (Å²) in [7, 11) is 0. The summed E-state index contributed by atoms with van der Waals surface area (Å²) in [5.41, 5.74) is 1.28. The molecule has 0 fully saturated rings. The van der Waals surface area contributed by atoms with Crippen LogP contribution in [0.2, 0.25) is 0 Å². The standard InChI is InChI=1S/C29H25N3O4S/c1-3-35-23-16-14-21(15-17-23)31-27(33)24(19-30)29-32(22-11-6-5-7-12-22)28(34)26(37-29)18-20-10-8-9-13-25(20)36-4-2/h5-18H,3-4H2,1-2H3,(H,31,33). The van der Waals surface area contributed by atoms with E-state index < -0.39 is 5.91 Å². The second-order valence-corrected chi connectivity index (χ2v) is 8.79. The van der Waals surface area contributed by atoms with Crippen LogP contribution in [-0.2, 0) is 4.79 Å². The number of aromatic nitrogens is 1. The van der Waals surface area contributed by atoms with E-state index in [1.807, 2.05) is 50.2 Å². The van der Waals surface area contributed by atoms with Crippen molar-refractivity contribution in [2.45, 2.75) is 13.8 Å². The minimum atomic E-state index is -0.612. The molecule has 4 rings (SSSR count). The highest BCUT2D eigenvalue weighted by Gasteiger charge is 2.17. The summed E-state index contributed by atoms with van der Waals surface area (Å²) in [6.07, 6.45) is 1.72. The molecule has 0 aliphatic rings. The van der Waals surface area contributed by atoms with Crippen LogP contribution in [0.3, 0.4) is 0 Å². The number of rotatable bonds is 8. The number of anilines is 1. The summed E-state index contributed by atoms with van der Waals surface area (Å²) in [5.74, 6) is 0.705. The van der Waals surface area contributed by atoms with Gasteiger partial charge in [-0.15, -0.1) is 11.3 Å². The van der Waals surface area contributed by atoms with Gasteiger partial charge in [0.05, 0.1) is 23.4 Å². The topological polar surface area (TPSA) is 93.3 Å². The zero-order chi connectivity index (χ0) is 26.2. The molecule has 0 aliphatic heterocycles. The van der Waals surface area contributed by atoms with E-state index in [2.05, 4.69) is 5.32 Å². The molecule has 1 aromatic heterocycles. The molecule has 0 saturated carbocycles. The molecule has 8 heteroatoms. The Morgan fingerprint density at radius 3 is 2.32 bits per heavy atom. The number of amides is 1. The fourth-order valence-electron chi connectivity index (χ4n) is 3.68. The monoisotopic (exact) mass is 511 g/mol. The Kier molecular flexibility index (Phi) is 8.18. The number of hydrogen-bond acceptors (Lipinski definition) is 6. The fraction of sp³-hybridized carbons (Fsp3) is 0.138. The van der Waals surface area contributed by atoms with Gasteiger partial charge in [-0.3, -0.25) is 14.2 Å². The molecule has 0 unspecified atom stereocenters. The highest BCUT2D eigenvalue weighted by molar-refractivity contribution is 7.07. The molecule has 0 atom stereocenters. The number of nitrogens with one attached hydrogen (secondary N) is 1. The van der Waals surface area contributed by atoms with Crippen molar-refractivity contribution in [3.05, 3.63) is 104 Å². The molecule has 3 aromatic carbocycles. The molecule has 4 aromatic rings. The van der Waals surface area contributed by atoms with Crippen LogP contribution in [0.25, 0.3) is 17.3 Å². The van der Waals surface area contributed by atoms with Crippen molar-refractivity contribution in [2.75, 3.05) is 18.5 Å². The smallest absolute Gasteiger partial charge is 0.273 e. The Balaban J connectivity index is 1.88. The highest BCUT2D eigenvalue weighted by atomic mass is 32.1. The molecule has 0 bridgehead atoms. The van der Waals surface area contributed by atoms with Gasteiger partial charge in [0.15, 0.2) is 5.57 Å². The van der Waals surface area contributed by atoms with Gasteiger partial charge in [-0.25, -0.2) is 0 Å². The number of carbonyl (C=O) groups excluding carboxylic acids is 1. The Bertz CT molecular complexity index is 1610. The third-order valence-electron chi connectivity index (χ3n) is 5.32. The predicted octanol–water partition coefficient (Wildman–Crippen LogP) is 3.84. The largest absolute Gasteiger partial charge is 0.494 e. The molecule has 0 spiro atoms. The highest BCUT2D eigenvalue weighted by Crippen LogP contribution is 2.19. The van der Waals surface area contributed by atoms with Gasteiger partial charge in [0, 0.05) is 11.3 Å². The van der Waals surface area contributed by atoms with Crippen molar-refractivity contribution in [3.8, 4) is 23.3 Å². The number of nitrogens with zero attached hydrogens (tertiary/aromatic N) is 2. The number of ether oxygens (including phenoxy) is 2. The molecule has 7 nitrogen and oxygen atoms in total. The molecule has 0 saturated heterocycles. The molecular weight excluding hydrogens is 486 g/mol. The van der Waals surface area contributed by atoms with E-state index in [4.69, 9.17) is 9.47 Å². The summed E-state index contributed by atoms with van der Waals surface area (Å²) in [5, 5.41) is 12.8. The first-order chi connectivity index (χ1) is 18.0. The lowest BCUT2D eigenvalue weighted by atomic mass is 10.2. The summed E-state index contributed by atoms with van der Waals surface area (Å²) >= 11 is 1.08. The van der Waals surface area contributed by atoms with E-state index in [9.17, 15) is 14.9 Å². The Morgan fingerprint density at radius 2 is 1.65 bits per heavy atom. The van der Waals surface area contributed by atoms with Gasteiger partial charge in [-0.2, -0.15) is 5.26 Å². The molecule has 0 aliphatic carbocycles. The van der Waals surface area contributed by atoms with E-state index in [1.165, 1.54) is 4.57 Å². The van der Waals surface area contributed by atoms with Crippen molar-refractivity contribution in [1.82, 2.24) is 4.57 Å². The maximum atomic E-state index is 13.6. The summed E-state index contributed by atoms with van der Waals surface area (Å²) in [6.45, 7) is 4.78. The number of benzene rings is 3. The van der Waals surface area contributed by atoms with Crippen molar-refractivity contribution in [3.63, 3.8) is 0 Å². The Hall–Kier alpha value is -4.61. The molecule has 1 N–H and O–H groups in total. The number of thiazole rings is 1. The van der Waals surface area contributed by atoms with Crippen LogP contribution in [0.4, 0.5) is 5.69 Å². The van der Waals surface area contributed by atoms with Crippen LogP contribution in [0, 0.1) is 11.3 Å². The maximum Gasteiger partial charge on any atom is 0.273 e. The first-order valence-corrected chi connectivity index (χ1v) is 12.6. The third kappa shape index (κ3) is 5.80. The number of para-hydroxylation sites is 2. The zero-order valence-electron chi connectivity index (χ0n) is 20.4. The van der Waals surface area contributed by atoms with E-state index >= 15 is 0 Å². The molecule has 1 heterocycles. The van der Waals surface area contributed by atoms with Crippen LogP contribution in [0.1, 0.15) is 19.4 Å². The van der Waals surface area contributed by atoms with Gasteiger partial charge >= 0.3 is 0 Å². The number of hydrogen-bond donors (Lipinski definition) is 1. The van der Waals surface area contributed by atoms with E-state index in [0.717, 1.165) is 16.9 Å². The summed E-state index contributed by atoms with van der Waals surface area (Å²) in [6, 6.07) is 25.2. The average molecular weight is 512 g/mol. The van der Waals surface area contributed by atoms with Gasteiger partial charge in [0.2, 0.25) is 0 Å². The fourth-order valence-corrected chi connectivity index (χ4v) is 4.77. The van der Waals surface area contributed by atoms with Crippen molar-refractivity contribution in [1.29, 1.82) is 5.26 Å². The first-order valence-electron chi connectivity index (χ1n) is 11.7. The Labute approximate surface area is 218 Å². The first kappa shape index (κ1) is 25.5. The van der Waals surface area contributed by atoms with Crippen molar-refractivity contribution >= 4 is 34.6 Å². The predicted molar refractivity (Wildman–Crippen MR) is 146 cm³/mol. The quantitative estimate of drug-likeness (QED) is 0.388. The van der Waals surface area contributed by atoms with Crippen LogP contribution in [0.5, 0.6) is 11.5 Å². The van der Waals surface area contributed by atoms with Gasteiger partial charge in [-0.1, -0.05) is 36.4 Å². The number of nitriles is 1. The minimum Gasteiger partial charge on any atom is -0.494 e. The van der Waals surface area contributed by atoms with E-state index in [1.54, 1.807) is 54.6 Å². The van der Waals surface area contributed by atoms with Crippen molar-refractivity contribution in [2.24, 2.45) is 0 Å². The number of carbonyl (C=O) groups is 1. The SMILES string of the molecule is CCOc1ccc(NC(=O)C(C#N)=c2sc(=Cc3ccccc3OCC)c(=O)n2-c2ccccc2)cc1. The molecule has 37 heavy (non-hydrogen) atoms. The van der Waals surface area contributed by atoms with Crippen molar-refractivity contribution < 1.29 is 14.3 Å². The second kappa shape index (κ2) is 11.9. The summed E-state index contributed by atoms with van der Waals surface area (Å²) in [4.78, 5) is 26.8. The van der Waals surface area contributed by atoms with Crippen LogP contribution in [-0.4, -0.2) is 23.7 Å². The third-order valence-corrected chi connectivity index (χ3v) is 6.41. The van der Waals surface area contributed by atoms with E-state index in [0.29, 0.717) is 40.6 Å². The normalized spacial score (nSPS) is 12.0. The second-order valence-electron chi connectivity index (χ2n) is 7.76. The minimum absolute atomic E-state index is 0.169. The van der Waals surface area contributed by atoms with Gasteiger partial charge in [0.25, 0.3) is 11.5 Å². The van der Waals surface area contributed by atoms with Crippen LogP contribution in [0.15, 0.2) is 83.7 Å². The van der Waals surface area contributed by atoms with Gasteiger partial charge in [-0.05, 0) is 62.4 Å².